The number of nitrogens with one attached hydrogen (secondary N) is 1. The van der Waals surface area contributed by atoms with Gasteiger partial charge in [-0.25, -0.2) is 15.0 Å². The van der Waals surface area contributed by atoms with Gasteiger partial charge in [-0.2, -0.15) is 5.26 Å². The summed E-state index contributed by atoms with van der Waals surface area (Å²) >= 11 is 0. The number of nitrogens with zero attached hydrogens (tertiary/aromatic N) is 7. The molecule has 1 atom stereocenters. The highest BCUT2D eigenvalue weighted by atomic mass is 16.3. The van der Waals surface area contributed by atoms with Crippen LogP contribution < -0.4 is 5.32 Å². The molecule has 3 aromatic carbocycles. The number of nitriles is 1. The third-order valence-corrected chi connectivity index (χ3v) is 10.2. The van der Waals surface area contributed by atoms with Gasteiger partial charge in [0.25, 0.3) is 0 Å². The molecule has 2 aliphatic heterocycles. The maximum absolute atomic E-state index is 10.0. The normalized spacial score (nSPS) is 17.0. The lowest BCUT2D eigenvalue weighted by Gasteiger charge is -2.26. The SMILES string of the molecule is Cc1c(Nc2ncnc3cc(CN4CC[C@@H](O)C4)cnc23)cccc1-c1cccc(-c2nc3cc(CN4CCCCC4)cc(C#N)c3o2)c1C. The van der Waals surface area contributed by atoms with E-state index < -0.39 is 0 Å². The third kappa shape index (κ3) is 6.31. The van der Waals surface area contributed by atoms with Gasteiger partial charge >= 0.3 is 0 Å². The van der Waals surface area contributed by atoms with Crippen molar-refractivity contribution in [1.82, 2.24) is 29.7 Å². The van der Waals surface area contributed by atoms with E-state index in [-0.39, 0.29) is 6.10 Å². The highest BCUT2D eigenvalue weighted by molar-refractivity contribution is 5.89. The fourth-order valence-corrected chi connectivity index (χ4v) is 7.48. The van der Waals surface area contributed by atoms with Crippen molar-refractivity contribution in [3.8, 4) is 28.7 Å². The Hall–Kier alpha value is -5.21. The number of oxazole rings is 1. The highest BCUT2D eigenvalue weighted by Gasteiger charge is 2.22. The second kappa shape index (κ2) is 13.6. The van der Waals surface area contributed by atoms with Gasteiger partial charge in [0, 0.05) is 43.6 Å². The van der Waals surface area contributed by atoms with Crippen LogP contribution in [0.5, 0.6) is 0 Å². The van der Waals surface area contributed by atoms with Crippen molar-refractivity contribution in [2.24, 2.45) is 0 Å². The third-order valence-electron chi connectivity index (χ3n) is 10.2. The molecule has 10 nitrogen and oxygen atoms in total. The van der Waals surface area contributed by atoms with Gasteiger partial charge in [-0.05, 0) is 110 Å². The number of benzene rings is 3. The molecule has 0 unspecified atom stereocenters. The minimum atomic E-state index is -0.256. The fourth-order valence-electron chi connectivity index (χ4n) is 7.48. The lowest BCUT2D eigenvalue weighted by atomic mass is 9.93. The van der Waals surface area contributed by atoms with Gasteiger partial charge in [-0.15, -0.1) is 0 Å². The van der Waals surface area contributed by atoms with E-state index >= 15 is 0 Å². The molecule has 0 amide bonds. The zero-order valence-corrected chi connectivity index (χ0v) is 28.5. The Morgan fingerprint density at radius 3 is 2.42 bits per heavy atom. The summed E-state index contributed by atoms with van der Waals surface area (Å²) in [6.07, 6.45) is 7.72. The second-order valence-electron chi connectivity index (χ2n) is 13.7. The molecule has 2 fully saturated rings. The number of aliphatic hydroxyl groups is 1. The molecule has 6 aromatic rings. The van der Waals surface area contributed by atoms with Crippen LogP contribution in [0.3, 0.4) is 0 Å². The number of fused-ring (bicyclic) bond motifs is 2. The van der Waals surface area contributed by atoms with Crippen LogP contribution in [0.2, 0.25) is 0 Å². The predicted octanol–water partition coefficient (Wildman–Crippen LogP) is 7.28. The Kier molecular flexibility index (Phi) is 8.71. The van der Waals surface area contributed by atoms with E-state index in [1.54, 1.807) is 6.33 Å². The first-order valence-corrected chi connectivity index (χ1v) is 17.5. The first-order valence-electron chi connectivity index (χ1n) is 17.5. The van der Waals surface area contributed by atoms with Crippen LogP contribution in [0.1, 0.15) is 53.5 Å². The molecule has 5 heterocycles. The number of hydrogen-bond donors (Lipinski definition) is 2. The monoisotopic (exact) mass is 664 g/mol. The second-order valence-corrected chi connectivity index (χ2v) is 13.7. The van der Waals surface area contributed by atoms with E-state index in [1.165, 1.54) is 19.3 Å². The van der Waals surface area contributed by atoms with Crippen LogP contribution in [0.25, 0.3) is 44.7 Å². The molecule has 2 aliphatic rings. The molecule has 50 heavy (non-hydrogen) atoms. The van der Waals surface area contributed by atoms with Crippen molar-refractivity contribution in [3.63, 3.8) is 0 Å². The molecule has 252 valence electrons. The average molecular weight is 665 g/mol. The first kappa shape index (κ1) is 32.0. The van der Waals surface area contributed by atoms with Crippen molar-refractivity contribution >= 4 is 33.6 Å². The van der Waals surface area contributed by atoms with Gasteiger partial charge in [0.2, 0.25) is 5.89 Å². The van der Waals surface area contributed by atoms with Gasteiger partial charge < -0.3 is 14.8 Å². The van der Waals surface area contributed by atoms with E-state index in [2.05, 4.69) is 69.3 Å². The van der Waals surface area contributed by atoms with E-state index in [0.29, 0.717) is 40.4 Å². The minimum absolute atomic E-state index is 0.256. The summed E-state index contributed by atoms with van der Waals surface area (Å²) in [4.78, 5) is 23.4. The quantitative estimate of drug-likeness (QED) is 0.171. The molecule has 0 bridgehead atoms. The number of hydrogen-bond acceptors (Lipinski definition) is 10. The van der Waals surface area contributed by atoms with E-state index in [0.717, 1.165) is 89.3 Å². The molecule has 8 rings (SSSR count). The topological polar surface area (TPSA) is 127 Å². The van der Waals surface area contributed by atoms with Gasteiger partial charge in [0.15, 0.2) is 11.4 Å². The molecule has 10 heteroatoms. The Morgan fingerprint density at radius 1 is 0.860 bits per heavy atom. The fraction of sp³-hybridized carbons (Fsp3) is 0.325. The van der Waals surface area contributed by atoms with Gasteiger partial charge in [0.05, 0.1) is 17.2 Å². The molecule has 0 spiro atoms. The summed E-state index contributed by atoms with van der Waals surface area (Å²) in [6, 6.07) is 20.8. The number of pyridine rings is 1. The van der Waals surface area contributed by atoms with Crippen molar-refractivity contribution in [1.29, 1.82) is 5.26 Å². The maximum Gasteiger partial charge on any atom is 0.227 e. The van der Waals surface area contributed by atoms with E-state index in [4.69, 9.17) is 14.4 Å². The number of rotatable bonds is 8. The van der Waals surface area contributed by atoms with Gasteiger partial charge in [-0.3, -0.25) is 14.8 Å². The Morgan fingerprint density at radius 2 is 1.62 bits per heavy atom. The lowest BCUT2D eigenvalue weighted by Crippen LogP contribution is -2.29. The summed E-state index contributed by atoms with van der Waals surface area (Å²) < 4.78 is 6.32. The maximum atomic E-state index is 10.0. The largest absolute Gasteiger partial charge is 0.435 e. The number of piperidine rings is 1. The van der Waals surface area contributed by atoms with Crippen LogP contribution >= 0.6 is 0 Å². The lowest BCUT2D eigenvalue weighted by molar-refractivity contribution is 0.175. The van der Waals surface area contributed by atoms with Crippen molar-refractivity contribution in [3.05, 3.63) is 94.9 Å². The molecule has 2 N–H and O–H groups in total. The summed E-state index contributed by atoms with van der Waals surface area (Å²) in [7, 11) is 0. The summed E-state index contributed by atoms with van der Waals surface area (Å²) in [6.45, 7) is 9.48. The molecule has 0 aliphatic carbocycles. The van der Waals surface area contributed by atoms with E-state index in [1.807, 2.05) is 36.5 Å². The minimum Gasteiger partial charge on any atom is -0.435 e. The Bertz CT molecular complexity index is 2250. The highest BCUT2D eigenvalue weighted by Crippen LogP contribution is 2.37. The molecular formula is C40H40N8O2. The smallest absolute Gasteiger partial charge is 0.227 e. The average Bonchev–Trinajstić information content (AvgIpc) is 3.75. The van der Waals surface area contributed by atoms with Crippen molar-refractivity contribution in [2.75, 3.05) is 31.5 Å². The Labute approximate surface area is 291 Å². The molecule has 3 aromatic heterocycles. The van der Waals surface area contributed by atoms with Crippen LogP contribution in [-0.2, 0) is 13.1 Å². The predicted molar refractivity (Wildman–Crippen MR) is 195 cm³/mol. The number of aromatic nitrogens is 4. The summed E-state index contributed by atoms with van der Waals surface area (Å²) in [5, 5.41) is 23.5. The van der Waals surface area contributed by atoms with Crippen LogP contribution in [0.4, 0.5) is 11.5 Å². The summed E-state index contributed by atoms with van der Waals surface area (Å²) in [5.41, 5.74) is 11.5. The zero-order chi connectivity index (χ0) is 34.2. The van der Waals surface area contributed by atoms with Crippen LogP contribution in [-0.4, -0.2) is 67.1 Å². The zero-order valence-electron chi connectivity index (χ0n) is 28.5. The van der Waals surface area contributed by atoms with E-state index in [9.17, 15) is 10.4 Å². The number of anilines is 2. The van der Waals surface area contributed by atoms with Crippen LogP contribution in [0, 0.1) is 25.2 Å². The first-order chi connectivity index (χ1) is 24.4. The van der Waals surface area contributed by atoms with Crippen LogP contribution in [0.15, 0.2) is 71.5 Å². The van der Waals surface area contributed by atoms with Gasteiger partial charge in [0.1, 0.15) is 23.4 Å². The van der Waals surface area contributed by atoms with Crippen molar-refractivity contribution < 1.29 is 9.52 Å². The molecule has 2 saturated heterocycles. The molecular weight excluding hydrogens is 624 g/mol. The van der Waals surface area contributed by atoms with Crippen molar-refractivity contribution in [2.45, 2.75) is 58.7 Å². The Balaban J connectivity index is 1.08. The number of aliphatic hydroxyl groups excluding tert-OH is 1. The standard InChI is InChI=1S/C40H40N8O2/c1-25-31(8-6-10-33(25)40-46-36-17-27(16-29(19-41)38(36)50-40)21-47-13-4-3-5-14-47)32-9-7-11-34(26(32)2)45-39-37-35(43-24-44-39)18-28(20-42-37)22-48-15-12-30(49)23-48/h6-11,16-18,20,24,30,49H,3-5,12-15,21-23H2,1-2H3,(H,43,44,45)/t30-/m1/s1. The van der Waals surface area contributed by atoms with Gasteiger partial charge in [-0.1, -0.05) is 30.7 Å². The summed E-state index contributed by atoms with van der Waals surface area (Å²) in [5.74, 6) is 1.15. The number of β-amino-alcohol motifs (C(OH)–C–C–N with tert-alkyl or cyclic N) is 1. The molecule has 0 saturated carbocycles. The number of likely N-dealkylation sites (tertiary alicyclic amines) is 2. The molecule has 0 radical (unpaired) electrons.